The highest BCUT2D eigenvalue weighted by Gasteiger charge is 2.31. The smallest absolute Gasteiger partial charge is 0.312 e. The summed E-state index contributed by atoms with van der Waals surface area (Å²) in [7, 11) is 0. The first-order chi connectivity index (χ1) is 14.0. The molecule has 3 aliphatic heterocycles. The lowest BCUT2D eigenvalue weighted by molar-refractivity contribution is -0.154. The minimum atomic E-state index is -0.461. The van der Waals surface area contributed by atoms with Gasteiger partial charge in [0.15, 0.2) is 11.5 Å². The van der Waals surface area contributed by atoms with E-state index in [4.69, 9.17) is 9.47 Å². The number of carbonyl (C=O) groups excluding carboxylic acids is 3. The molecule has 0 radical (unpaired) electrons. The highest BCUT2D eigenvalue weighted by atomic mass is 16.7. The maximum atomic E-state index is 12.6. The topological polar surface area (TPSA) is 82.6 Å². The van der Waals surface area contributed by atoms with E-state index in [1.54, 1.807) is 14.7 Å². The second-order valence-electron chi connectivity index (χ2n) is 7.55. The van der Waals surface area contributed by atoms with Gasteiger partial charge < -0.3 is 24.2 Å². The monoisotopic (exact) mass is 402 g/mol. The van der Waals surface area contributed by atoms with Crippen molar-refractivity contribution in [3.63, 3.8) is 0 Å². The number of carbonyl (C=O) groups is 3. The Balaban J connectivity index is 1.25. The zero-order valence-corrected chi connectivity index (χ0v) is 16.6. The number of hydrogen-bond acceptors (Lipinski definition) is 6. The molecule has 0 aliphatic carbocycles. The van der Waals surface area contributed by atoms with Gasteiger partial charge >= 0.3 is 11.8 Å². The van der Waals surface area contributed by atoms with Crippen molar-refractivity contribution in [2.45, 2.75) is 13.5 Å². The van der Waals surface area contributed by atoms with Gasteiger partial charge in [0.05, 0.1) is 0 Å². The predicted molar refractivity (Wildman–Crippen MR) is 103 cm³/mol. The van der Waals surface area contributed by atoms with E-state index in [1.807, 2.05) is 18.2 Å². The standard InChI is InChI=1S/C20H26N4O5/c1-15(25)22-8-10-24(11-9-22)20(27)19(26)23-6-4-21(5-7-23)13-16-2-3-17-18(12-16)29-14-28-17/h2-3,12H,4-11,13-14H2,1H3. The van der Waals surface area contributed by atoms with Crippen molar-refractivity contribution in [3.8, 4) is 11.5 Å². The van der Waals surface area contributed by atoms with E-state index in [1.165, 1.54) is 6.92 Å². The van der Waals surface area contributed by atoms with Crippen LogP contribution in [-0.2, 0) is 20.9 Å². The fraction of sp³-hybridized carbons (Fsp3) is 0.550. The average Bonchev–Trinajstić information content (AvgIpc) is 3.21. The molecule has 2 fully saturated rings. The van der Waals surface area contributed by atoms with Crippen LogP contribution in [0.4, 0.5) is 0 Å². The summed E-state index contributed by atoms with van der Waals surface area (Å²) >= 11 is 0. The summed E-state index contributed by atoms with van der Waals surface area (Å²) in [6, 6.07) is 5.93. The lowest BCUT2D eigenvalue weighted by Gasteiger charge is -2.37. The Morgan fingerprint density at radius 2 is 1.34 bits per heavy atom. The Kier molecular flexibility index (Phi) is 5.57. The van der Waals surface area contributed by atoms with Gasteiger partial charge in [0.2, 0.25) is 12.7 Å². The van der Waals surface area contributed by atoms with Gasteiger partial charge in [0, 0.05) is 65.8 Å². The summed E-state index contributed by atoms with van der Waals surface area (Å²) < 4.78 is 10.8. The Bertz CT molecular complexity index is 798. The van der Waals surface area contributed by atoms with Crippen molar-refractivity contribution in [1.29, 1.82) is 0 Å². The molecule has 29 heavy (non-hydrogen) atoms. The molecule has 3 heterocycles. The van der Waals surface area contributed by atoms with Gasteiger partial charge in [-0.05, 0) is 17.7 Å². The van der Waals surface area contributed by atoms with Gasteiger partial charge in [0.1, 0.15) is 0 Å². The Hall–Kier alpha value is -2.81. The molecule has 3 amide bonds. The summed E-state index contributed by atoms with van der Waals surface area (Å²) in [6.07, 6.45) is 0. The summed E-state index contributed by atoms with van der Waals surface area (Å²) in [5.41, 5.74) is 1.13. The second kappa shape index (κ2) is 8.28. The molecule has 1 aromatic carbocycles. The number of hydrogen-bond donors (Lipinski definition) is 0. The molecule has 156 valence electrons. The van der Waals surface area contributed by atoms with E-state index < -0.39 is 11.8 Å². The first kappa shape index (κ1) is 19.5. The van der Waals surface area contributed by atoms with Crippen LogP contribution in [0.5, 0.6) is 11.5 Å². The molecule has 9 heteroatoms. The number of amides is 3. The molecular formula is C20H26N4O5. The number of piperazine rings is 2. The van der Waals surface area contributed by atoms with E-state index in [0.717, 1.165) is 23.6 Å². The van der Waals surface area contributed by atoms with Crippen molar-refractivity contribution < 1.29 is 23.9 Å². The molecule has 3 aliphatic rings. The highest BCUT2D eigenvalue weighted by molar-refractivity contribution is 6.34. The molecule has 9 nitrogen and oxygen atoms in total. The number of ether oxygens (including phenoxy) is 2. The van der Waals surface area contributed by atoms with E-state index in [2.05, 4.69) is 4.90 Å². The van der Waals surface area contributed by atoms with Crippen molar-refractivity contribution in [2.75, 3.05) is 59.2 Å². The molecule has 0 aromatic heterocycles. The number of benzene rings is 1. The van der Waals surface area contributed by atoms with Gasteiger partial charge in [-0.3, -0.25) is 19.3 Å². The zero-order chi connectivity index (χ0) is 20.4. The predicted octanol–water partition coefficient (Wildman–Crippen LogP) is -0.250. The van der Waals surface area contributed by atoms with Crippen LogP contribution in [0.15, 0.2) is 18.2 Å². The van der Waals surface area contributed by atoms with Crippen LogP contribution in [0.25, 0.3) is 0 Å². The van der Waals surface area contributed by atoms with Crippen molar-refractivity contribution in [2.24, 2.45) is 0 Å². The highest BCUT2D eigenvalue weighted by Crippen LogP contribution is 2.32. The van der Waals surface area contributed by atoms with E-state index in [-0.39, 0.29) is 12.7 Å². The number of nitrogens with zero attached hydrogens (tertiary/aromatic N) is 4. The third-order valence-corrected chi connectivity index (χ3v) is 5.70. The van der Waals surface area contributed by atoms with Crippen LogP contribution in [0.3, 0.4) is 0 Å². The Morgan fingerprint density at radius 3 is 1.97 bits per heavy atom. The maximum absolute atomic E-state index is 12.6. The zero-order valence-electron chi connectivity index (χ0n) is 16.6. The van der Waals surface area contributed by atoms with Gasteiger partial charge in [-0.15, -0.1) is 0 Å². The van der Waals surface area contributed by atoms with Gasteiger partial charge in [-0.2, -0.15) is 0 Å². The molecule has 0 N–H and O–H groups in total. The number of rotatable bonds is 2. The third kappa shape index (κ3) is 4.29. The average molecular weight is 402 g/mol. The maximum Gasteiger partial charge on any atom is 0.312 e. The van der Waals surface area contributed by atoms with Crippen LogP contribution < -0.4 is 9.47 Å². The molecular weight excluding hydrogens is 376 g/mol. The molecule has 4 rings (SSSR count). The van der Waals surface area contributed by atoms with Crippen molar-refractivity contribution in [3.05, 3.63) is 23.8 Å². The lowest BCUT2D eigenvalue weighted by Crippen LogP contribution is -2.56. The summed E-state index contributed by atoms with van der Waals surface area (Å²) in [4.78, 5) is 43.7. The number of fused-ring (bicyclic) bond motifs is 1. The molecule has 0 unspecified atom stereocenters. The van der Waals surface area contributed by atoms with Crippen LogP contribution >= 0.6 is 0 Å². The third-order valence-electron chi connectivity index (χ3n) is 5.70. The first-order valence-electron chi connectivity index (χ1n) is 9.96. The Morgan fingerprint density at radius 1 is 0.793 bits per heavy atom. The van der Waals surface area contributed by atoms with Crippen LogP contribution in [0.1, 0.15) is 12.5 Å². The quantitative estimate of drug-likeness (QED) is 0.635. The van der Waals surface area contributed by atoms with E-state index in [0.29, 0.717) is 52.4 Å². The molecule has 2 saturated heterocycles. The molecule has 1 aromatic rings. The molecule has 0 bridgehead atoms. The molecule has 0 saturated carbocycles. The summed E-state index contributed by atoms with van der Waals surface area (Å²) in [5, 5.41) is 0. The van der Waals surface area contributed by atoms with Gasteiger partial charge in [0.25, 0.3) is 0 Å². The minimum absolute atomic E-state index is 0.00186. The molecule has 0 spiro atoms. The van der Waals surface area contributed by atoms with Crippen molar-refractivity contribution in [1.82, 2.24) is 19.6 Å². The second-order valence-corrected chi connectivity index (χ2v) is 7.55. The minimum Gasteiger partial charge on any atom is -0.454 e. The fourth-order valence-electron chi connectivity index (χ4n) is 3.90. The largest absolute Gasteiger partial charge is 0.454 e. The van der Waals surface area contributed by atoms with Crippen molar-refractivity contribution >= 4 is 17.7 Å². The Labute approximate surface area is 169 Å². The normalized spacial score (nSPS) is 19.4. The fourth-order valence-corrected chi connectivity index (χ4v) is 3.90. The van der Waals surface area contributed by atoms with Gasteiger partial charge in [-0.25, -0.2) is 0 Å². The van der Waals surface area contributed by atoms with E-state index >= 15 is 0 Å². The SMILES string of the molecule is CC(=O)N1CCN(C(=O)C(=O)N2CCN(Cc3ccc4c(c3)OCO4)CC2)CC1. The molecule has 0 atom stereocenters. The van der Waals surface area contributed by atoms with Crippen LogP contribution in [-0.4, -0.2) is 96.5 Å². The van der Waals surface area contributed by atoms with E-state index in [9.17, 15) is 14.4 Å². The van der Waals surface area contributed by atoms with Crippen LogP contribution in [0, 0.1) is 0 Å². The lowest BCUT2D eigenvalue weighted by atomic mass is 10.1. The summed E-state index contributed by atoms with van der Waals surface area (Å²) in [6.45, 7) is 6.82. The first-order valence-corrected chi connectivity index (χ1v) is 9.96. The summed E-state index contributed by atoms with van der Waals surface area (Å²) in [5.74, 6) is 0.641. The van der Waals surface area contributed by atoms with Crippen LogP contribution in [0.2, 0.25) is 0 Å². The van der Waals surface area contributed by atoms with Gasteiger partial charge in [-0.1, -0.05) is 6.07 Å².